The predicted molar refractivity (Wildman–Crippen MR) is 97.1 cm³/mol. The molecule has 0 fully saturated rings. The number of anilines is 1. The number of hydrogen-bond donors (Lipinski definition) is 3. The minimum absolute atomic E-state index is 0.0553. The van der Waals surface area contributed by atoms with Gasteiger partial charge in [0.05, 0.1) is 22.7 Å². The van der Waals surface area contributed by atoms with Crippen molar-refractivity contribution in [3.05, 3.63) is 33.3 Å². The summed E-state index contributed by atoms with van der Waals surface area (Å²) < 4.78 is 2.47. The van der Waals surface area contributed by atoms with Gasteiger partial charge in [0.15, 0.2) is 11.3 Å². The summed E-state index contributed by atoms with van der Waals surface area (Å²) >= 11 is 28.2. The van der Waals surface area contributed by atoms with E-state index in [0.29, 0.717) is 0 Å². The van der Waals surface area contributed by atoms with E-state index >= 15 is 0 Å². The highest BCUT2D eigenvalue weighted by molar-refractivity contribution is 7.80. The molecule has 1 amide bonds. The number of ether oxygens (including phenoxy) is 1. The number of thiocarbonyl (C=S) groups is 1. The summed E-state index contributed by atoms with van der Waals surface area (Å²) in [6, 6.07) is 3.73. The smallest absolute Gasteiger partial charge is 0.408 e. The van der Waals surface area contributed by atoms with Crippen LogP contribution in [0, 0.1) is 10.1 Å². The Morgan fingerprint density at radius 1 is 1.38 bits per heavy atom. The van der Waals surface area contributed by atoms with Crippen LogP contribution in [0.2, 0.25) is 5.02 Å². The van der Waals surface area contributed by atoms with Crippen LogP contribution >= 0.6 is 58.6 Å². The summed E-state index contributed by atoms with van der Waals surface area (Å²) in [4.78, 5) is 21.3. The second-order valence-corrected chi connectivity index (χ2v) is 7.31. The molecule has 8 nitrogen and oxygen atoms in total. The minimum atomic E-state index is -1.95. The van der Waals surface area contributed by atoms with Crippen molar-refractivity contribution in [1.82, 2.24) is 10.6 Å². The van der Waals surface area contributed by atoms with Crippen molar-refractivity contribution in [1.29, 1.82) is 0 Å². The third kappa shape index (κ3) is 6.33. The van der Waals surface area contributed by atoms with Crippen LogP contribution in [0.15, 0.2) is 18.2 Å². The normalized spacial score (nSPS) is 12.0. The van der Waals surface area contributed by atoms with Crippen molar-refractivity contribution in [2.24, 2.45) is 0 Å². The Balaban J connectivity index is 2.82. The number of methoxy groups -OCH3 is 1. The van der Waals surface area contributed by atoms with Crippen LogP contribution in [-0.4, -0.2) is 33.2 Å². The van der Waals surface area contributed by atoms with Gasteiger partial charge < -0.3 is 15.4 Å². The topological polar surface area (TPSA) is 106 Å². The zero-order valence-electron chi connectivity index (χ0n) is 11.8. The highest BCUT2D eigenvalue weighted by atomic mass is 35.6. The quantitative estimate of drug-likeness (QED) is 0.218. The molecule has 1 atom stereocenters. The van der Waals surface area contributed by atoms with Crippen LogP contribution in [0.25, 0.3) is 0 Å². The molecule has 0 bridgehead atoms. The Morgan fingerprint density at radius 2 is 2.00 bits per heavy atom. The molecule has 0 aliphatic carbocycles. The summed E-state index contributed by atoms with van der Waals surface area (Å²) in [6.07, 6.45) is -2.07. The number of carbonyl (C=O) groups excluding carboxylic acids is 1. The van der Waals surface area contributed by atoms with E-state index in [1.807, 2.05) is 0 Å². The molecule has 1 unspecified atom stereocenters. The third-order valence-electron chi connectivity index (χ3n) is 2.46. The summed E-state index contributed by atoms with van der Waals surface area (Å²) in [5.74, 6) is 0. The Bertz CT molecular complexity index is 655. The largest absolute Gasteiger partial charge is 0.453 e. The zero-order chi connectivity index (χ0) is 18.5. The van der Waals surface area contributed by atoms with E-state index in [4.69, 9.17) is 58.6 Å². The van der Waals surface area contributed by atoms with Gasteiger partial charge in [0.25, 0.3) is 5.69 Å². The number of hydrogen-bond acceptors (Lipinski definition) is 5. The van der Waals surface area contributed by atoms with E-state index in [-0.39, 0.29) is 21.5 Å². The molecule has 0 saturated heterocycles. The number of non-ortho nitro benzene ring substituents is 1. The van der Waals surface area contributed by atoms with E-state index < -0.39 is 21.0 Å². The Morgan fingerprint density at radius 3 is 2.46 bits per heavy atom. The van der Waals surface area contributed by atoms with Gasteiger partial charge in [-0.3, -0.25) is 15.4 Å². The van der Waals surface area contributed by atoms with Gasteiger partial charge in [-0.1, -0.05) is 46.4 Å². The maximum Gasteiger partial charge on any atom is 0.408 e. The third-order valence-corrected chi connectivity index (χ3v) is 3.65. The van der Waals surface area contributed by atoms with Crippen LogP contribution in [0.3, 0.4) is 0 Å². The maximum absolute atomic E-state index is 11.3. The number of carbonyl (C=O) groups is 1. The number of alkyl carbamates (subject to hydrolysis) is 1. The van der Waals surface area contributed by atoms with Crippen molar-refractivity contribution in [3.63, 3.8) is 0 Å². The number of nitrogens with one attached hydrogen (secondary N) is 3. The first kappa shape index (κ1) is 20.8. The number of alkyl halides is 3. The lowest BCUT2D eigenvalue weighted by Crippen LogP contribution is -2.56. The van der Waals surface area contributed by atoms with Crippen LogP contribution < -0.4 is 16.0 Å². The first-order valence-electron chi connectivity index (χ1n) is 5.97. The molecule has 0 saturated carbocycles. The molecule has 0 aliphatic rings. The van der Waals surface area contributed by atoms with Crippen molar-refractivity contribution >= 4 is 81.2 Å². The number of nitro benzene ring substituents is 1. The van der Waals surface area contributed by atoms with Gasteiger partial charge in [-0.15, -0.1) is 0 Å². The standard InChI is InChI=1S/C11H10Cl4N4O4S/c1-23-10(20)18-8(11(13,14)15)17-9(24)16-7-3-2-5(19(21)22)4-6(7)12/h2-4,8H,1H3,(H,18,20)(H2,16,17,24). The summed E-state index contributed by atoms with van der Waals surface area (Å²) in [7, 11) is 1.14. The summed E-state index contributed by atoms with van der Waals surface area (Å²) in [5.41, 5.74) is 0.0943. The van der Waals surface area contributed by atoms with Crippen LogP contribution in [0.5, 0.6) is 0 Å². The van der Waals surface area contributed by atoms with Gasteiger partial charge in [-0.2, -0.15) is 0 Å². The van der Waals surface area contributed by atoms with Crippen LogP contribution in [0.1, 0.15) is 0 Å². The van der Waals surface area contributed by atoms with E-state index in [0.717, 1.165) is 13.2 Å². The lowest BCUT2D eigenvalue weighted by molar-refractivity contribution is -0.384. The molecule has 0 heterocycles. The molecule has 0 aliphatic heterocycles. The molecule has 3 N–H and O–H groups in total. The van der Waals surface area contributed by atoms with E-state index in [2.05, 4.69) is 20.7 Å². The molecule has 1 rings (SSSR count). The van der Waals surface area contributed by atoms with Crippen LogP contribution in [-0.2, 0) is 4.74 Å². The fourth-order valence-corrected chi connectivity index (χ4v) is 2.16. The van der Waals surface area contributed by atoms with Gasteiger partial charge in [-0.25, -0.2) is 4.79 Å². The fraction of sp³-hybridized carbons (Fsp3) is 0.273. The number of nitrogens with zero attached hydrogens (tertiary/aromatic N) is 1. The summed E-state index contributed by atoms with van der Waals surface area (Å²) in [6.45, 7) is 0. The Hall–Kier alpha value is -1.26. The van der Waals surface area contributed by atoms with Crippen molar-refractivity contribution < 1.29 is 14.5 Å². The SMILES string of the molecule is COC(=O)NC(NC(=S)Nc1ccc([N+](=O)[O-])cc1Cl)C(Cl)(Cl)Cl. The van der Waals surface area contributed by atoms with Crippen molar-refractivity contribution in [2.75, 3.05) is 12.4 Å². The molecular weight excluding hydrogens is 426 g/mol. The number of amides is 1. The average molecular weight is 436 g/mol. The van der Waals surface area contributed by atoms with Crippen LogP contribution in [0.4, 0.5) is 16.2 Å². The van der Waals surface area contributed by atoms with E-state index in [9.17, 15) is 14.9 Å². The predicted octanol–water partition coefficient (Wildman–Crippen LogP) is 3.59. The van der Waals surface area contributed by atoms with Gasteiger partial charge in [0.2, 0.25) is 3.79 Å². The Kier molecular flexibility index (Phi) is 7.56. The Labute approximate surface area is 161 Å². The molecule has 0 radical (unpaired) electrons. The van der Waals surface area contributed by atoms with Gasteiger partial charge >= 0.3 is 6.09 Å². The summed E-state index contributed by atoms with van der Waals surface area (Å²) in [5, 5.41) is 18.1. The number of halogens is 4. The van der Waals surface area contributed by atoms with E-state index in [1.165, 1.54) is 12.1 Å². The molecule has 24 heavy (non-hydrogen) atoms. The number of benzene rings is 1. The van der Waals surface area contributed by atoms with E-state index in [1.54, 1.807) is 0 Å². The van der Waals surface area contributed by atoms with Gasteiger partial charge in [0.1, 0.15) is 0 Å². The molecular formula is C11H10Cl4N4O4S. The highest BCUT2D eigenvalue weighted by Crippen LogP contribution is 2.30. The first-order chi connectivity index (χ1) is 11.0. The fourth-order valence-electron chi connectivity index (χ4n) is 1.38. The molecule has 132 valence electrons. The highest BCUT2D eigenvalue weighted by Gasteiger charge is 2.35. The molecule has 13 heteroatoms. The zero-order valence-corrected chi connectivity index (χ0v) is 15.6. The van der Waals surface area contributed by atoms with Crippen molar-refractivity contribution in [3.8, 4) is 0 Å². The minimum Gasteiger partial charge on any atom is -0.453 e. The molecule has 1 aromatic carbocycles. The first-order valence-corrected chi connectivity index (χ1v) is 7.89. The second kappa shape index (κ2) is 8.72. The average Bonchev–Trinajstić information content (AvgIpc) is 2.47. The molecule has 0 aromatic heterocycles. The van der Waals surface area contributed by atoms with Crippen molar-refractivity contribution in [2.45, 2.75) is 9.96 Å². The molecule has 1 aromatic rings. The second-order valence-electron chi connectivity index (χ2n) is 4.13. The monoisotopic (exact) mass is 434 g/mol. The molecule has 0 spiro atoms. The maximum atomic E-state index is 11.3. The lowest BCUT2D eigenvalue weighted by Gasteiger charge is -2.27. The van der Waals surface area contributed by atoms with Gasteiger partial charge in [0, 0.05) is 12.1 Å². The van der Waals surface area contributed by atoms with Gasteiger partial charge in [-0.05, 0) is 18.3 Å². The number of rotatable bonds is 4. The lowest BCUT2D eigenvalue weighted by atomic mass is 10.3. The number of nitro groups is 1.